The lowest BCUT2D eigenvalue weighted by molar-refractivity contribution is -0.130. The van der Waals surface area contributed by atoms with Gasteiger partial charge < -0.3 is 10.0 Å². The number of hydrogen-bond acceptors (Lipinski definition) is 3. The predicted octanol–water partition coefficient (Wildman–Crippen LogP) is 5.10. The highest BCUT2D eigenvalue weighted by atomic mass is 35.5. The van der Waals surface area contributed by atoms with Gasteiger partial charge in [0.05, 0.1) is 18.3 Å². The molecule has 1 atom stereocenters. The summed E-state index contributed by atoms with van der Waals surface area (Å²) in [5.41, 5.74) is 4.10. The van der Waals surface area contributed by atoms with E-state index >= 15 is 0 Å². The normalized spacial score (nSPS) is 16.7. The molecule has 1 aliphatic heterocycles. The molecule has 0 radical (unpaired) electrons. The van der Waals surface area contributed by atoms with Crippen molar-refractivity contribution in [2.24, 2.45) is 0 Å². The highest BCUT2D eigenvalue weighted by Gasteiger charge is 2.41. The molecule has 0 unspecified atom stereocenters. The Morgan fingerprint density at radius 2 is 1.86 bits per heavy atom. The fraction of sp³-hybridized carbons (Fsp3) is 0.130. The van der Waals surface area contributed by atoms with Crippen molar-refractivity contribution in [1.29, 1.82) is 0 Å². The third kappa shape index (κ3) is 3.39. The third-order valence-electron chi connectivity index (χ3n) is 4.89. The Bertz CT molecular complexity index is 1050. The van der Waals surface area contributed by atoms with E-state index in [0.29, 0.717) is 10.6 Å². The number of aliphatic hydroxyl groups is 1. The number of carbonyl (C=O) groups is 1. The Morgan fingerprint density at radius 3 is 2.54 bits per heavy atom. The minimum Gasteiger partial charge on any atom is -0.503 e. The minimum atomic E-state index is -0.448. The first-order valence-electron chi connectivity index (χ1n) is 9.01. The minimum absolute atomic E-state index is 0.232. The Kier molecular flexibility index (Phi) is 4.88. The molecule has 1 amide bonds. The standard InChI is InChI=1S/C23H19ClN2O2/c1-15-8-10-16(11-9-15)20-21(17-5-4-6-18(24)13-17)26(23(28)22(20)27)14-19-7-2-3-12-25-19/h2-13,21,27H,14H2,1H3/t21-/m0/s1. The van der Waals surface area contributed by atoms with Gasteiger partial charge in [-0.2, -0.15) is 0 Å². The molecule has 1 aromatic heterocycles. The summed E-state index contributed by atoms with van der Waals surface area (Å²) in [5.74, 6) is -0.643. The SMILES string of the molecule is Cc1ccc(C2=C(O)C(=O)N(Cc3ccccn3)[C@H]2c2cccc(Cl)c2)cc1. The van der Waals surface area contributed by atoms with Crippen molar-refractivity contribution in [2.45, 2.75) is 19.5 Å². The molecule has 0 spiro atoms. The van der Waals surface area contributed by atoms with Gasteiger partial charge in [-0.3, -0.25) is 9.78 Å². The summed E-state index contributed by atoms with van der Waals surface area (Å²) in [7, 11) is 0. The fourth-order valence-corrected chi connectivity index (χ4v) is 3.73. The van der Waals surface area contributed by atoms with Crippen LogP contribution in [0.2, 0.25) is 5.02 Å². The van der Waals surface area contributed by atoms with E-state index in [1.807, 2.05) is 67.6 Å². The van der Waals surface area contributed by atoms with Crippen LogP contribution < -0.4 is 0 Å². The number of carbonyl (C=O) groups excluding carboxylic acids is 1. The van der Waals surface area contributed by atoms with Gasteiger partial charge in [-0.1, -0.05) is 59.6 Å². The van der Waals surface area contributed by atoms with Gasteiger partial charge in [0.15, 0.2) is 5.76 Å². The van der Waals surface area contributed by atoms with Crippen molar-refractivity contribution in [2.75, 3.05) is 0 Å². The molecule has 2 heterocycles. The molecule has 0 bridgehead atoms. The average molecular weight is 391 g/mol. The van der Waals surface area contributed by atoms with E-state index in [4.69, 9.17) is 11.6 Å². The van der Waals surface area contributed by atoms with Crippen LogP contribution in [0.25, 0.3) is 5.57 Å². The van der Waals surface area contributed by atoms with Crippen LogP contribution in [0.5, 0.6) is 0 Å². The van der Waals surface area contributed by atoms with Gasteiger partial charge in [-0.15, -0.1) is 0 Å². The van der Waals surface area contributed by atoms with Crippen molar-refractivity contribution in [3.05, 3.63) is 106 Å². The first kappa shape index (κ1) is 18.3. The van der Waals surface area contributed by atoms with Crippen LogP contribution >= 0.6 is 11.6 Å². The molecule has 0 fully saturated rings. The van der Waals surface area contributed by atoms with Crippen LogP contribution in [0.1, 0.15) is 28.4 Å². The van der Waals surface area contributed by atoms with Gasteiger partial charge in [0.25, 0.3) is 5.91 Å². The second kappa shape index (κ2) is 7.49. The Labute approximate surface area is 168 Å². The van der Waals surface area contributed by atoms with Gasteiger partial charge in [0.2, 0.25) is 0 Å². The zero-order valence-electron chi connectivity index (χ0n) is 15.3. The summed E-state index contributed by atoms with van der Waals surface area (Å²) < 4.78 is 0. The van der Waals surface area contributed by atoms with Crippen LogP contribution in [0.4, 0.5) is 0 Å². The molecule has 5 heteroatoms. The molecular weight excluding hydrogens is 372 g/mol. The largest absolute Gasteiger partial charge is 0.503 e. The molecule has 0 saturated carbocycles. The number of pyridine rings is 1. The first-order valence-corrected chi connectivity index (χ1v) is 9.39. The fourth-order valence-electron chi connectivity index (χ4n) is 3.53. The molecule has 4 rings (SSSR count). The molecule has 0 aliphatic carbocycles. The number of nitrogens with zero attached hydrogens (tertiary/aromatic N) is 2. The third-order valence-corrected chi connectivity index (χ3v) is 5.12. The van der Waals surface area contributed by atoms with Crippen LogP contribution in [-0.2, 0) is 11.3 Å². The first-order chi connectivity index (χ1) is 13.5. The summed E-state index contributed by atoms with van der Waals surface area (Å²) in [5, 5.41) is 11.3. The lowest BCUT2D eigenvalue weighted by Gasteiger charge is -2.27. The molecule has 0 saturated heterocycles. The van der Waals surface area contributed by atoms with Crippen molar-refractivity contribution >= 4 is 23.1 Å². The lowest BCUT2D eigenvalue weighted by atomic mass is 9.93. The Hall–Kier alpha value is -3.11. The molecule has 1 aliphatic rings. The summed E-state index contributed by atoms with van der Waals surface area (Å²) in [6.07, 6.45) is 1.69. The average Bonchev–Trinajstić information content (AvgIpc) is 2.94. The van der Waals surface area contributed by atoms with E-state index in [1.54, 1.807) is 17.2 Å². The molecule has 1 N–H and O–H groups in total. The number of aromatic nitrogens is 1. The Morgan fingerprint density at radius 1 is 1.07 bits per heavy atom. The topological polar surface area (TPSA) is 53.4 Å². The second-order valence-corrected chi connectivity index (χ2v) is 7.28. The smallest absolute Gasteiger partial charge is 0.290 e. The van der Waals surface area contributed by atoms with Gasteiger partial charge in [-0.25, -0.2) is 0 Å². The number of aliphatic hydroxyl groups excluding tert-OH is 1. The van der Waals surface area contributed by atoms with Crippen molar-refractivity contribution in [3.63, 3.8) is 0 Å². The van der Waals surface area contributed by atoms with Crippen molar-refractivity contribution in [1.82, 2.24) is 9.88 Å². The van der Waals surface area contributed by atoms with E-state index < -0.39 is 11.9 Å². The Balaban J connectivity index is 1.83. The summed E-state index contributed by atoms with van der Waals surface area (Å²) in [6.45, 7) is 2.29. The monoisotopic (exact) mass is 390 g/mol. The van der Waals surface area contributed by atoms with Crippen LogP contribution in [-0.4, -0.2) is 20.9 Å². The van der Waals surface area contributed by atoms with Crippen LogP contribution in [0.3, 0.4) is 0 Å². The van der Waals surface area contributed by atoms with E-state index in [9.17, 15) is 9.90 Å². The van der Waals surface area contributed by atoms with E-state index in [1.165, 1.54) is 0 Å². The molecule has 140 valence electrons. The molecule has 2 aromatic carbocycles. The zero-order valence-corrected chi connectivity index (χ0v) is 16.1. The molecule has 3 aromatic rings. The number of rotatable bonds is 4. The second-order valence-electron chi connectivity index (χ2n) is 6.84. The van der Waals surface area contributed by atoms with E-state index in [2.05, 4.69) is 4.98 Å². The highest BCUT2D eigenvalue weighted by molar-refractivity contribution is 6.30. The van der Waals surface area contributed by atoms with E-state index in [-0.39, 0.29) is 12.3 Å². The zero-order chi connectivity index (χ0) is 19.7. The molecule has 4 nitrogen and oxygen atoms in total. The maximum atomic E-state index is 13.0. The van der Waals surface area contributed by atoms with E-state index in [0.717, 1.165) is 22.4 Å². The summed E-state index contributed by atoms with van der Waals surface area (Å²) in [6, 6.07) is 20.3. The quantitative estimate of drug-likeness (QED) is 0.674. The maximum Gasteiger partial charge on any atom is 0.290 e. The molecular formula is C23H19ClN2O2. The number of aryl methyl sites for hydroxylation is 1. The summed E-state index contributed by atoms with van der Waals surface area (Å²) in [4.78, 5) is 19.0. The lowest BCUT2D eigenvalue weighted by Crippen LogP contribution is -2.30. The predicted molar refractivity (Wildman–Crippen MR) is 110 cm³/mol. The van der Waals surface area contributed by atoms with Gasteiger partial charge in [-0.05, 0) is 42.3 Å². The highest BCUT2D eigenvalue weighted by Crippen LogP contribution is 2.44. The number of benzene rings is 2. The summed E-state index contributed by atoms with van der Waals surface area (Å²) >= 11 is 6.22. The van der Waals surface area contributed by atoms with Gasteiger partial charge in [0.1, 0.15) is 0 Å². The van der Waals surface area contributed by atoms with Crippen molar-refractivity contribution < 1.29 is 9.90 Å². The number of amides is 1. The van der Waals surface area contributed by atoms with Gasteiger partial charge >= 0.3 is 0 Å². The number of halogens is 1. The maximum absolute atomic E-state index is 13.0. The van der Waals surface area contributed by atoms with Crippen molar-refractivity contribution in [3.8, 4) is 0 Å². The van der Waals surface area contributed by atoms with Crippen LogP contribution in [0, 0.1) is 6.92 Å². The van der Waals surface area contributed by atoms with Crippen LogP contribution in [0.15, 0.2) is 78.7 Å². The number of hydrogen-bond donors (Lipinski definition) is 1. The van der Waals surface area contributed by atoms with Gasteiger partial charge in [0, 0.05) is 16.8 Å². The molecule has 28 heavy (non-hydrogen) atoms.